The summed E-state index contributed by atoms with van der Waals surface area (Å²) < 4.78 is 14.7. The second kappa shape index (κ2) is 11.5. The Labute approximate surface area is 236 Å². The first-order valence-corrected chi connectivity index (χ1v) is 13.1. The van der Waals surface area contributed by atoms with Crippen molar-refractivity contribution in [3.63, 3.8) is 0 Å². The van der Waals surface area contributed by atoms with Crippen molar-refractivity contribution < 1.29 is 18.8 Å². The van der Waals surface area contributed by atoms with E-state index in [9.17, 15) is 18.8 Å². The number of hydrogen-bond acceptors (Lipinski definition) is 7. The van der Waals surface area contributed by atoms with E-state index in [1.165, 1.54) is 38.4 Å². The molecule has 1 aromatic heterocycles. The maximum Gasteiger partial charge on any atom is 0.253 e. The molecule has 2 aromatic carbocycles. The molecule has 3 amide bonds. The van der Waals surface area contributed by atoms with E-state index < -0.39 is 23.2 Å². The molecular weight excluding hydrogens is 537 g/mol. The van der Waals surface area contributed by atoms with Crippen LogP contribution < -0.4 is 26.2 Å². The summed E-state index contributed by atoms with van der Waals surface area (Å²) in [6.07, 6.45) is 1.80. The number of benzene rings is 2. The summed E-state index contributed by atoms with van der Waals surface area (Å²) in [5.74, 6) is -1.33. The molecule has 4 rings (SSSR count). The summed E-state index contributed by atoms with van der Waals surface area (Å²) in [4.78, 5) is 47.7. The molecule has 0 saturated heterocycles. The van der Waals surface area contributed by atoms with Crippen molar-refractivity contribution in [2.75, 3.05) is 29.1 Å². The van der Waals surface area contributed by atoms with Gasteiger partial charge in [-0.1, -0.05) is 37.6 Å². The van der Waals surface area contributed by atoms with Gasteiger partial charge in [-0.15, -0.1) is 0 Å². The van der Waals surface area contributed by atoms with Crippen LogP contribution in [0.15, 0.2) is 42.6 Å². The average molecular weight is 568 g/mol. The summed E-state index contributed by atoms with van der Waals surface area (Å²) >= 11 is 6.30. The lowest BCUT2D eigenvalue weighted by atomic mass is 9.79. The van der Waals surface area contributed by atoms with Gasteiger partial charge in [0.2, 0.25) is 17.8 Å². The zero-order valence-electron chi connectivity index (χ0n) is 22.9. The molecule has 40 heavy (non-hydrogen) atoms. The summed E-state index contributed by atoms with van der Waals surface area (Å²) in [7, 11) is 1.45. The Morgan fingerprint density at radius 3 is 2.62 bits per heavy atom. The van der Waals surface area contributed by atoms with Gasteiger partial charge in [0.1, 0.15) is 16.9 Å². The van der Waals surface area contributed by atoms with Crippen LogP contribution in [0.1, 0.15) is 50.0 Å². The minimum absolute atomic E-state index is 0.0773. The van der Waals surface area contributed by atoms with Gasteiger partial charge < -0.3 is 26.2 Å². The predicted octanol–water partition coefficient (Wildman–Crippen LogP) is 4.65. The molecule has 1 aliphatic rings. The highest BCUT2D eigenvalue weighted by atomic mass is 35.5. The lowest BCUT2D eigenvalue weighted by Gasteiger charge is -2.28. The van der Waals surface area contributed by atoms with Gasteiger partial charge in [-0.3, -0.25) is 14.4 Å². The van der Waals surface area contributed by atoms with Gasteiger partial charge in [0.25, 0.3) is 5.91 Å². The smallest absolute Gasteiger partial charge is 0.253 e. The van der Waals surface area contributed by atoms with Gasteiger partial charge in [0.05, 0.1) is 17.4 Å². The minimum Gasteiger partial charge on any atom is -0.355 e. The Hall–Kier alpha value is -4.25. The zero-order chi connectivity index (χ0) is 29.2. The lowest BCUT2D eigenvalue weighted by molar-refractivity contribution is -0.126. The Morgan fingerprint density at radius 1 is 1.20 bits per heavy atom. The molecule has 3 aromatic rings. The number of rotatable bonds is 7. The van der Waals surface area contributed by atoms with Crippen molar-refractivity contribution in [2.24, 2.45) is 0 Å². The molecule has 210 valence electrons. The molecule has 0 saturated carbocycles. The third kappa shape index (κ3) is 5.84. The van der Waals surface area contributed by atoms with E-state index in [0.717, 1.165) is 5.56 Å². The van der Waals surface area contributed by atoms with Gasteiger partial charge in [0, 0.05) is 31.9 Å². The van der Waals surface area contributed by atoms with E-state index in [0.29, 0.717) is 24.3 Å². The molecule has 2 heterocycles. The van der Waals surface area contributed by atoms with Crippen LogP contribution in [-0.2, 0) is 15.0 Å². The fourth-order valence-electron chi connectivity index (χ4n) is 4.84. The van der Waals surface area contributed by atoms with Gasteiger partial charge in [-0.2, -0.15) is 4.98 Å². The number of halogens is 2. The van der Waals surface area contributed by atoms with Crippen LogP contribution in [0.5, 0.6) is 0 Å². The van der Waals surface area contributed by atoms with Gasteiger partial charge >= 0.3 is 0 Å². The van der Waals surface area contributed by atoms with Crippen LogP contribution in [0.3, 0.4) is 0 Å². The fourth-order valence-corrected chi connectivity index (χ4v) is 4.98. The monoisotopic (exact) mass is 567 g/mol. The van der Waals surface area contributed by atoms with Crippen molar-refractivity contribution in [3.8, 4) is 0 Å². The quantitative estimate of drug-likeness (QED) is 0.327. The minimum atomic E-state index is -0.652. The van der Waals surface area contributed by atoms with Crippen molar-refractivity contribution in [1.29, 1.82) is 0 Å². The van der Waals surface area contributed by atoms with Gasteiger partial charge in [-0.25, -0.2) is 9.37 Å². The van der Waals surface area contributed by atoms with E-state index in [4.69, 9.17) is 11.6 Å². The Balaban J connectivity index is 1.67. The number of nitrogens with zero attached hydrogens (tertiary/aromatic N) is 3. The molecule has 12 heteroatoms. The molecule has 0 aliphatic carbocycles. The van der Waals surface area contributed by atoms with Crippen LogP contribution in [0.4, 0.5) is 33.2 Å². The molecule has 1 aliphatic heterocycles. The number of hydrogen-bond donors (Lipinski definition) is 4. The van der Waals surface area contributed by atoms with Gasteiger partial charge in [0.15, 0.2) is 5.82 Å². The lowest BCUT2D eigenvalue weighted by Crippen LogP contribution is -2.48. The topological polar surface area (TPSA) is 128 Å². The Bertz CT molecular complexity index is 1480. The van der Waals surface area contributed by atoms with Gasteiger partial charge in [-0.05, 0) is 48.6 Å². The summed E-state index contributed by atoms with van der Waals surface area (Å²) in [6, 6.07) is 9.10. The highest BCUT2D eigenvalue weighted by Crippen LogP contribution is 2.41. The number of para-hydroxylation sites is 1. The third-order valence-electron chi connectivity index (χ3n) is 6.72. The van der Waals surface area contributed by atoms with Crippen LogP contribution in [0, 0.1) is 5.82 Å². The second-order valence-electron chi connectivity index (χ2n) is 10.0. The molecule has 0 radical (unpaired) electrons. The number of carbonyl (C=O) groups is 3. The van der Waals surface area contributed by atoms with Crippen LogP contribution in [-0.4, -0.2) is 47.3 Å². The largest absolute Gasteiger partial charge is 0.355 e. The van der Waals surface area contributed by atoms with Crippen molar-refractivity contribution in [1.82, 2.24) is 20.6 Å². The number of carbonyl (C=O) groups excluding carboxylic acids is 3. The first kappa shape index (κ1) is 28.8. The number of amides is 3. The molecule has 4 N–H and O–H groups in total. The SMILES string of the molecule is CCN1C(=O)C(NC(C)=O)CC(C)(C)c2ccc(Nc3ncc(Cl)c(Nc4c(F)cccc4C(=O)NC)n3)cc21. The number of likely N-dealkylation sites (N-methyl/N-ethyl adjacent to an activating group) is 1. The van der Waals surface area contributed by atoms with Crippen molar-refractivity contribution in [2.45, 2.75) is 45.6 Å². The molecule has 1 atom stereocenters. The zero-order valence-corrected chi connectivity index (χ0v) is 23.6. The highest BCUT2D eigenvalue weighted by Gasteiger charge is 2.39. The summed E-state index contributed by atoms with van der Waals surface area (Å²) in [6.45, 7) is 7.76. The number of nitrogens with one attached hydrogen (secondary N) is 4. The van der Waals surface area contributed by atoms with E-state index in [1.807, 2.05) is 39.0 Å². The first-order chi connectivity index (χ1) is 18.9. The maximum absolute atomic E-state index is 14.7. The van der Waals surface area contributed by atoms with Crippen molar-refractivity contribution >= 4 is 58.2 Å². The molecule has 1 unspecified atom stereocenters. The van der Waals surface area contributed by atoms with E-state index >= 15 is 0 Å². The predicted molar refractivity (Wildman–Crippen MR) is 153 cm³/mol. The molecule has 0 bridgehead atoms. The van der Waals surface area contributed by atoms with E-state index in [-0.39, 0.29) is 39.9 Å². The fraction of sp³-hybridized carbons (Fsp3) is 0.321. The normalized spacial score (nSPS) is 16.0. The Kier molecular flexibility index (Phi) is 8.24. The van der Waals surface area contributed by atoms with Crippen LogP contribution in [0.25, 0.3) is 0 Å². The maximum atomic E-state index is 14.7. The standard InChI is InChI=1S/C28H31ClFN7O3/c1-6-37-22-12-16(10-11-18(22)28(3,4)13-21(26(37)40)33-15(2)38)34-27-32-14-19(29)24(36-27)35-23-17(25(39)31-5)8-7-9-20(23)30/h7-12,14,21H,6,13H2,1-5H3,(H,31,39)(H,33,38)(H2,32,34,35,36). The summed E-state index contributed by atoms with van der Waals surface area (Å²) in [5, 5.41) is 11.3. The van der Waals surface area contributed by atoms with Crippen LogP contribution >= 0.6 is 11.6 Å². The molecule has 10 nitrogen and oxygen atoms in total. The third-order valence-corrected chi connectivity index (χ3v) is 7.00. The Morgan fingerprint density at radius 2 is 1.95 bits per heavy atom. The number of fused-ring (bicyclic) bond motifs is 1. The molecule has 0 spiro atoms. The molecule has 0 fully saturated rings. The summed E-state index contributed by atoms with van der Waals surface area (Å²) in [5.41, 5.74) is 1.87. The first-order valence-electron chi connectivity index (χ1n) is 12.7. The number of anilines is 5. The second-order valence-corrected chi connectivity index (χ2v) is 10.4. The van der Waals surface area contributed by atoms with E-state index in [1.54, 1.807) is 4.90 Å². The van der Waals surface area contributed by atoms with Crippen LogP contribution in [0.2, 0.25) is 5.02 Å². The average Bonchev–Trinajstić information content (AvgIpc) is 2.97. The number of aromatic nitrogens is 2. The molecular formula is C28H31ClFN7O3. The van der Waals surface area contributed by atoms with E-state index in [2.05, 4.69) is 31.2 Å². The highest BCUT2D eigenvalue weighted by molar-refractivity contribution is 6.33. The van der Waals surface area contributed by atoms with Crippen molar-refractivity contribution in [3.05, 3.63) is 64.6 Å².